The maximum atomic E-state index is 14.1. The topological polar surface area (TPSA) is 605 Å². The number of amides is 12. The molecule has 90 heavy (non-hydrogen) atoms. The van der Waals surface area contributed by atoms with Crippen molar-refractivity contribution in [3.63, 3.8) is 0 Å². The van der Waals surface area contributed by atoms with Crippen LogP contribution in [0.3, 0.4) is 0 Å². The zero-order valence-electron chi connectivity index (χ0n) is 50.2. The molecule has 0 radical (unpaired) electrons. The van der Waals surface area contributed by atoms with E-state index in [0.717, 1.165) is 20.8 Å². The van der Waals surface area contributed by atoms with Gasteiger partial charge in [-0.1, -0.05) is 44.2 Å². The zero-order chi connectivity index (χ0) is 68.5. The van der Waals surface area contributed by atoms with Crippen LogP contribution in [0.2, 0.25) is 0 Å². The third kappa shape index (κ3) is 30.5. The molecule has 12 atom stereocenters. The van der Waals surface area contributed by atoms with Gasteiger partial charge in [0.05, 0.1) is 37.8 Å². The lowest BCUT2D eigenvalue weighted by Gasteiger charge is -2.30. The quantitative estimate of drug-likeness (QED) is 0.0270. The second kappa shape index (κ2) is 40.2. The molecule has 36 nitrogen and oxygen atoms in total. The molecule has 1 aromatic carbocycles. The highest BCUT2D eigenvalue weighted by molar-refractivity contribution is 5.99. The van der Waals surface area contributed by atoms with E-state index in [2.05, 4.69) is 58.5 Å². The first kappa shape index (κ1) is 78.6. The Labute approximate surface area is 515 Å². The van der Waals surface area contributed by atoms with Crippen LogP contribution in [0.15, 0.2) is 30.3 Å². The summed E-state index contributed by atoms with van der Waals surface area (Å²) in [5.41, 5.74) is 16.8. The molecule has 23 N–H and O–H groups in total. The van der Waals surface area contributed by atoms with E-state index in [4.69, 9.17) is 22.3 Å². The summed E-state index contributed by atoms with van der Waals surface area (Å²) in [5.74, 6) is -19.6. The van der Waals surface area contributed by atoms with Gasteiger partial charge in [-0.2, -0.15) is 0 Å². The molecule has 0 bridgehead atoms. The number of carboxylic acid groups (broad SMARTS) is 4. The van der Waals surface area contributed by atoms with Gasteiger partial charge in [0.2, 0.25) is 70.9 Å². The third-order valence-electron chi connectivity index (χ3n) is 13.1. The van der Waals surface area contributed by atoms with Crippen LogP contribution in [0, 0.1) is 5.92 Å². The van der Waals surface area contributed by atoms with E-state index in [-0.39, 0.29) is 25.8 Å². The predicted octanol–water partition coefficient (Wildman–Crippen LogP) is -7.73. The Morgan fingerprint density at radius 3 is 1.32 bits per heavy atom. The fourth-order valence-corrected chi connectivity index (χ4v) is 8.08. The fourth-order valence-electron chi connectivity index (χ4n) is 8.08. The van der Waals surface area contributed by atoms with E-state index in [0.29, 0.717) is 18.4 Å². The van der Waals surface area contributed by atoms with E-state index in [1.807, 2.05) is 0 Å². The highest BCUT2D eigenvalue weighted by Crippen LogP contribution is 2.10. The maximum Gasteiger partial charge on any atom is 0.326 e. The Kier molecular flexibility index (Phi) is 35.1. The number of carbonyl (C=O) groups is 16. The molecule has 0 aliphatic carbocycles. The first-order chi connectivity index (χ1) is 42.1. The number of unbranched alkanes of at least 4 members (excludes halogenated alkanes) is 1. The van der Waals surface area contributed by atoms with Crippen molar-refractivity contribution in [2.45, 2.75) is 178 Å². The molecular weight excluding hydrogens is 1200 g/mol. The van der Waals surface area contributed by atoms with Crippen molar-refractivity contribution in [1.29, 1.82) is 0 Å². The van der Waals surface area contributed by atoms with Crippen LogP contribution in [0.25, 0.3) is 0 Å². The summed E-state index contributed by atoms with van der Waals surface area (Å²) in [6.07, 6.45) is -7.15. The van der Waals surface area contributed by atoms with Gasteiger partial charge in [0.15, 0.2) is 0 Å². The zero-order valence-corrected chi connectivity index (χ0v) is 50.2. The number of nitrogens with one attached hydrogen (secondary N) is 11. The van der Waals surface area contributed by atoms with Crippen molar-refractivity contribution in [3.8, 4) is 0 Å². The van der Waals surface area contributed by atoms with E-state index < -0.39 is 225 Å². The number of rotatable bonds is 43. The predicted molar refractivity (Wildman–Crippen MR) is 310 cm³/mol. The molecule has 0 fully saturated rings. The Morgan fingerprint density at radius 2 is 0.867 bits per heavy atom. The van der Waals surface area contributed by atoms with Crippen molar-refractivity contribution in [1.82, 2.24) is 58.5 Å². The molecule has 502 valence electrons. The van der Waals surface area contributed by atoms with Crippen molar-refractivity contribution in [3.05, 3.63) is 35.9 Å². The highest BCUT2D eigenvalue weighted by atomic mass is 16.4. The molecule has 36 heteroatoms. The minimum absolute atomic E-state index is 0.0321. The van der Waals surface area contributed by atoms with Gasteiger partial charge in [-0.3, -0.25) is 71.9 Å². The summed E-state index contributed by atoms with van der Waals surface area (Å²) in [6.45, 7) is 4.75. The van der Waals surface area contributed by atoms with Crippen LogP contribution in [0.1, 0.15) is 104 Å². The Morgan fingerprint density at radius 1 is 0.444 bits per heavy atom. The van der Waals surface area contributed by atoms with Gasteiger partial charge in [0.1, 0.15) is 54.4 Å². The number of nitrogens with two attached hydrogens (primary N) is 3. The lowest BCUT2D eigenvalue weighted by atomic mass is 10.0. The number of aliphatic carboxylic acids is 4. The van der Waals surface area contributed by atoms with Crippen LogP contribution >= 0.6 is 0 Å². The molecule has 1 aromatic rings. The van der Waals surface area contributed by atoms with E-state index in [1.165, 1.54) is 13.8 Å². The lowest BCUT2D eigenvalue weighted by molar-refractivity contribution is -0.142. The smallest absolute Gasteiger partial charge is 0.326 e. The molecule has 0 aliphatic heterocycles. The number of benzene rings is 1. The molecular formula is C54H84N14O22. The summed E-state index contributed by atoms with van der Waals surface area (Å²) < 4.78 is 0. The van der Waals surface area contributed by atoms with Crippen molar-refractivity contribution in [2.24, 2.45) is 23.1 Å². The maximum absolute atomic E-state index is 14.1. The number of carboxylic acids is 4. The van der Waals surface area contributed by atoms with Crippen LogP contribution < -0.4 is 75.7 Å². The summed E-state index contributed by atoms with van der Waals surface area (Å²) in [5, 5.41) is 83.3. The van der Waals surface area contributed by atoms with Crippen molar-refractivity contribution >= 4 is 94.8 Å². The van der Waals surface area contributed by atoms with Crippen molar-refractivity contribution < 1.29 is 107 Å². The van der Waals surface area contributed by atoms with Gasteiger partial charge in [-0.15, -0.1) is 0 Å². The fraction of sp³-hybridized carbons (Fsp3) is 0.593. The average Bonchev–Trinajstić information content (AvgIpc) is 1.37. The normalized spacial score (nSPS) is 15.0. The number of carbonyl (C=O) groups excluding carboxylic acids is 12. The largest absolute Gasteiger partial charge is 0.481 e. The van der Waals surface area contributed by atoms with E-state index >= 15 is 0 Å². The van der Waals surface area contributed by atoms with Crippen LogP contribution in [0.4, 0.5) is 0 Å². The minimum atomic E-state index is -1.89. The molecule has 0 heterocycles. The molecule has 0 aromatic heterocycles. The Bertz CT molecular complexity index is 2700. The summed E-state index contributed by atoms with van der Waals surface area (Å²) in [4.78, 5) is 205. The second-order valence-corrected chi connectivity index (χ2v) is 21.2. The van der Waals surface area contributed by atoms with Crippen molar-refractivity contribution in [2.75, 3.05) is 19.6 Å². The molecule has 0 aliphatic rings. The summed E-state index contributed by atoms with van der Waals surface area (Å²) >= 11 is 0. The van der Waals surface area contributed by atoms with Gasteiger partial charge in [0.25, 0.3) is 0 Å². The molecule has 0 saturated heterocycles. The standard InChI is InChI=1S/C54H84N14O22/c1-25(2)42(51(86)68-43(27(4)69)52(87)60-26(3)45(80)63-31(15-18-40(76)77)47(82)58-23-37(72)61-33(54(89)90)13-9-10-20-55)66-53(88)44(28(5)70)67-50(85)34(21-29-11-7-6-8-12-29)62-38(73)24-59-48(83)32(16-19-41(78)79)64-49(84)35(22-36(57)71)65-46(81)30(56)14-17-39(74)75/h6-8,11-12,25-28,30-35,42-44,69-70H,9-10,13-24,55-56H2,1-5H3,(H2,57,71)(H,58,82)(H,59,83)(H,60,87)(H,61,72)(H,62,73)(H,63,80)(H,64,84)(H,65,81)(H,66,88)(H,67,85)(H,68,86)(H,74,75)(H,76,77)(H,78,79)(H,89,90)/t26-,27+,28+,30-,31-,32-,33-,34-,35-,42-,43-,44-/m0/s1. The number of aliphatic hydroxyl groups excluding tert-OH is 2. The second-order valence-electron chi connectivity index (χ2n) is 21.2. The summed E-state index contributed by atoms with van der Waals surface area (Å²) in [7, 11) is 0. The van der Waals surface area contributed by atoms with Crippen LogP contribution in [-0.4, -0.2) is 218 Å². The molecule has 1 rings (SSSR count). The highest BCUT2D eigenvalue weighted by Gasteiger charge is 2.37. The van der Waals surface area contributed by atoms with Gasteiger partial charge in [-0.25, -0.2) is 4.79 Å². The van der Waals surface area contributed by atoms with Crippen LogP contribution in [-0.2, 0) is 83.1 Å². The lowest BCUT2D eigenvalue weighted by Crippen LogP contribution is -2.63. The molecule has 0 spiro atoms. The van der Waals surface area contributed by atoms with Gasteiger partial charge < -0.3 is 106 Å². The van der Waals surface area contributed by atoms with Gasteiger partial charge >= 0.3 is 23.9 Å². The number of hydrogen-bond donors (Lipinski definition) is 20. The monoisotopic (exact) mass is 1280 g/mol. The molecule has 0 unspecified atom stereocenters. The Balaban J connectivity index is 3.28. The number of hydrogen-bond acceptors (Lipinski definition) is 20. The van der Waals surface area contributed by atoms with E-state index in [1.54, 1.807) is 30.3 Å². The van der Waals surface area contributed by atoms with Crippen LogP contribution in [0.5, 0.6) is 0 Å². The van der Waals surface area contributed by atoms with E-state index in [9.17, 15) is 102 Å². The number of aliphatic hydroxyl groups is 2. The molecule has 12 amide bonds. The Hall–Kier alpha value is -9.42. The average molecular weight is 1280 g/mol. The van der Waals surface area contributed by atoms with Gasteiger partial charge in [0, 0.05) is 25.7 Å². The minimum Gasteiger partial charge on any atom is -0.481 e. The number of primary amides is 1. The first-order valence-electron chi connectivity index (χ1n) is 28.4. The SMILES string of the molecule is CC(C)[C@H](NC(=O)[C@@H](NC(=O)[C@H](Cc1ccccc1)NC(=O)CNC(=O)[C@H](CCC(=O)O)NC(=O)[C@H](CC(N)=O)NC(=O)[C@@H](N)CCC(=O)O)[C@@H](C)O)C(=O)N[C@H](C(=O)N[C@@H](C)C(=O)N[C@@H](CCC(=O)O)C(=O)NCC(=O)N[C@@H](CCCCN)C(=O)O)[C@@H](C)O. The molecule has 0 saturated carbocycles. The first-order valence-corrected chi connectivity index (χ1v) is 28.4. The third-order valence-corrected chi connectivity index (χ3v) is 13.1. The summed E-state index contributed by atoms with van der Waals surface area (Å²) in [6, 6.07) is -8.53. The van der Waals surface area contributed by atoms with Gasteiger partial charge in [-0.05, 0) is 77.3 Å².